The third kappa shape index (κ3) is 4.54. The second-order valence-corrected chi connectivity index (χ2v) is 3.84. The summed E-state index contributed by atoms with van der Waals surface area (Å²) in [5, 5.41) is 11.0. The fourth-order valence-electron chi connectivity index (χ4n) is 1.53. The molecule has 0 amide bonds. The molecule has 1 aromatic rings. The predicted molar refractivity (Wildman–Crippen MR) is 61.4 cm³/mol. The number of aliphatic hydroxyl groups is 1. The Kier molecular flexibility index (Phi) is 5.43. The summed E-state index contributed by atoms with van der Waals surface area (Å²) >= 11 is 0. The van der Waals surface area contributed by atoms with Crippen LogP contribution in [0.25, 0.3) is 0 Å². The maximum atomic E-state index is 12.6. The van der Waals surface area contributed by atoms with Crippen LogP contribution in [0.15, 0.2) is 24.3 Å². The van der Waals surface area contributed by atoms with Gasteiger partial charge in [-0.05, 0) is 24.1 Å². The third-order valence-corrected chi connectivity index (χ3v) is 2.50. The molecule has 1 atom stereocenters. The minimum Gasteiger partial charge on any atom is -0.497 e. The second kappa shape index (κ2) is 6.61. The van der Waals surface area contributed by atoms with Crippen molar-refractivity contribution in [2.75, 3.05) is 13.7 Å². The van der Waals surface area contributed by atoms with Gasteiger partial charge in [-0.2, -0.15) is 13.2 Å². The van der Waals surface area contributed by atoms with Crippen LogP contribution in [-0.2, 0) is 6.54 Å². The van der Waals surface area contributed by atoms with Crippen LogP contribution in [-0.4, -0.2) is 31.0 Å². The fraction of sp³-hybridized carbons (Fsp3) is 0.500. The molecule has 0 radical (unpaired) electrons. The van der Waals surface area contributed by atoms with E-state index >= 15 is 0 Å². The van der Waals surface area contributed by atoms with Gasteiger partial charge in [0.25, 0.3) is 0 Å². The summed E-state index contributed by atoms with van der Waals surface area (Å²) in [5.41, 5.74) is 0.696. The minimum absolute atomic E-state index is 0.0708. The molecule has 0 saturated heterocycles. The Morgan fingerprint density at radius 2 is 2.11 bits per heavy atom. The summed E-state index contributed by atoms with van der Waals surface area (Å²) in [6.45, 7) is -0.434. The smallest absolute Gasteiger partial charge is 0.403 e. The maximum absolute atomic E-state index is 12.6. The largest absolute Gasteiger partial charge is 0.497 e. The first-order valence-corrected chi connectivity index (χ1v) is 5.51. The molecule has 1 unspecified atom stereocenters. The molecule has 3 nitrogen and oxygen atoms in total. The normalized spacial score (nSPS) is 13.4. The number of methoxy groups -OCH3 is 1. The zero-order valence-corrected chi connectivity index (χ0v) is 10.00. The van der Waals surface area contributed by atoms with Gasteiger partial charge in [0.1, 0.15) is 11.8 Å². The first-order valence-electron chi connectivity index (χ1n) is 5.51. The van der Waals surface area contributed by atoms with Crippen molar-refractivity contribution in [2.45, 2.75) is 25.2 Å². The lowest BCUT2D eigenvalue weighted by molar-refractivity contribution is -0.159. The molecule has 0 aliphatic rings. The zero-order chi connectivity index (χ0) is 13.6. The van der Waals surface area contributed by atoms with Gasteiger partial charge in [0.2, 0.25) is 0 Å². The highest BCUT2D eigenvalue weighted by molar-refractivity contribution is 5.28. The highest BCUT2D eigenvalue weighted by Gasteiger charge is 2.38. The summed E-state index contributed by atoms with van der Waals surface area (Å²) in [7, 11) is 1.50. The predicted octanol–water partition coefficient (Wildman–Crippen LogP) is 2.10. The van der Waals surface area contributed by atoms with E-state index in [-0.39, 0.29) is 13.0 Å². The molecule has 102 valence electrons. The molecule has 18 heavy (non-hydrogen) atoms. The molecule has 0 spiro atoms. The Morgan fingerprint density at radius 1 is 1.39 bits per heavy atom. The van der Waals surface area contributed by atoms with Gasteiger partial charge in [0.05, 0.1) is 7.11 Å². The molecule has 0 aliphatic heterocycles. The zero-order valence-electron chi connectivity index (χ0n) is 10.00. The monoisotopic (exact) mass is 263 g/mol. The maximum Gasteiger partial charge on any atom is 0.403 e. The number of alkyl halides is 3. The van der Waals surface area contributed by atoms with Crippen molar-refractivity contribution in [1.29, 1.82) is 0 Å². The average Bonchev–Trinajstić information content (AvgIpc) is 2.33. The van der Waals surface area contributed by atoms with Gasteiger partial charge < -0.3 is 15.2 Å². The van der Waals surface area contributed by atoms with E-state index in [2.05, 4.69) is 5.32 Å². The van der Waals surface area contributed by atoms with Crippen molar-refractivity contribution >= 4 is 0 Å². The molecule has 2 N–H and O–H groups in total. The number of hydrogen-bond acceptors (Lipinski definition) is 3. The van der Waals surface area contributed by atoms with E-state index in [0.29, 0.717) is 11.3 Å². The number of benzene rings is 1. The van der Waals surface area contributed by atoms with Crippen molar-refractivity contribution < 1.29 is 23.0 Å². The van der Waals surface area contributed by atoms with Crippen LogP contribution < -0.4 is 10.1 Å². The topological polar surface area (TPSA) is 41.5 Å². The van der Waals surface area contributed by atoms with Gasteiger partial charge in [-0.25, -0.2) is 0 Å². The number of nitrogens with one attached hydrogen (secondary N) is 1. The van der Waals surface area contributed by atoms with E-state index < -0.39 is 18.8 Å². The molecule has 0 bridgehead atoms. The van der Waals surface area contributed by atoms with E-state index in [1.807, 2.05) is 0 Å². The third-order valence-electron chi connectivity index (χ3n) is 2.50. The van der Waals surface area contributed by atoms with Gasteiger partial charge >= 0.3 is 6.18 Å². The van der Waals surface area contributed by atoms with Gasteiger partial charge in [0, 0.05) is 13.2 Å². The SMILES string of the molecule is COc1cccc(CNC(CCO)C(F)(F)F)c1. The molecular formula is C12H16F3NO2. The standard InChI is InChI=1S/C12H16F3NO2/c1-18-10-4-2-3-9(7-10)8-16-11(5-6-17)12(13,14)15/h2-4,7,11,16-17H,5-6,8H2,1H3. The van der Waals surface area contributed by atoms with Crippen LogP contribution in [0, 0.1) is 0 Å². The number of ether oxygens (including phenoxy) is 1. The molecule has 0 aromatic heterocycles. The summed E-state index contributed by atoms with van der Waals surface area (Å²) in [6.07, 6.45) is -4.71. The van der Waals surface area contributed by atoms with E-state index in [9.17, 15) is 13.2 Å². The molecule has 1 aromatic carbocycles. The number of halogens is 3. The van der Waals surface area contributed by atoms with E-state index in [4.69, 9.17) is 9.84 Å². The average molecular weight is 263 g/mol. The lowest BCUT2D eigenvalue weighted by atomic mass is 10.1. The summed E-state index contributed by atoms with van der Waals surface area (Å²) < 4.78 is 42.7. The summed E-state index contributed by atoms with van der Waals surface area (Å²) in [5.74, 6) is 0.597. The van der Waals surface area contributed by atoms with Crippen LogP contribution in [0.5, 0.6) is 5.75 Å². The Balaban J connectivity index is 2.61. The van der Waals surface area contributed by atoms with Crippen molar-refractivity contribution in [2.24, 2.45) is 0 Å². The molecule has 6 heteroatoms. The Bertz CT molecular complexity index is 369. The first-order chi connectivity index (χ1) is 8.47. The van der Waals surface area contributed by atoms with Gasteiger partial charge in [-0.15, -0.1) is 0 Å². The molecule has 0 aliphatic carbocycles. The lowest BCUT2D eigenvalue weighted by Crippen LogP contribution is -2.42. The highest BCUT2D eigenvalue weighted by atomic mass is 19.4. The Labute approximate surface area is 104 Å². The van der Waals surface area contributed by atoms with E-state index in [1.165, 1.54) is 7.11 Å². The number of aliphatic hydroxyl groups excluding tert-OH is 1. The van der Waals surface area contributed by atoms with E-state index in [0.717, 1.165) is 0 Å². The van der Waals surface area contributed by atoms with Crippen LogP contribution >= 0.6 is 0 Å². The lowest BCUT2D eigenvalue weighted by Gasteiger charge is -2.21. The quantitative estimate of drug-likeness (QED) is 0.826. The highest BCUT2D eigenvalue weighted by Crippen LogP contribution is 2.23. The fourth-order valence-corrected chi connectivity index (χ4v) is 1.53. The second-order valence-electron chi connectivity index (χ2n) is 3.84. The molecule has 0 heterocycles. The van der Waals surface area contributed by atoms with Crippen LogP contribution in [0.3, 0.4) is 0 Å². The van der Waals surface area contributed by atoms with Crippen LogP contribution in [0.2, 0.25) is 0 Å². The van der Waals surface area contributed by atoms with Crippen molar-refractivity contribution in [3.05, 3.63) is 29.8 Å². The van der Waals surface area contributed by atoms with Crippen molar-refractivity contribution in [3.8, 4) is 5.75 Å². The number of rotatable bonds is 6. The molecule has 0 fully saturated rings. The van der Waals surface area contributed by atoms with Gasteiger partial charge in [-0.1, -0.05) is 12.1 Å². The van der Waals surface area contributed by atoms with Gasteiger partial charge in [-0.3, -0.25) is 0 Å². The molecular weight excluding hydrogens is 247 g/mol. The Hall–Kier alpha value is -1.27. The van der Waals surface area contributed by atoms with Crippen LogP contribution in [0.1, 0.15) is 12.0 Å². The minimum atomic E-state index is -4.36. The summed E-state index contributed by atoms with van der Waals surface area (Å²) in [6, 6.07) is 5.11. The Morgan fingerprint density at radius 3 is 2.67 bits per heavy atom. The summed E-state index contributed by atoms with van der Waals surface area (Å²) in [4.78, 5) is 0. The molecule has 0 saturated carbocycles. The van der Waals surface area contributed by atoms with Crippen LogP contribution in [0.4, 0.5) is 13.2 Å². The molecule has 1 rings (SSSR count). The van der Waals surface area contributed by atoms with Crippen molar-refractivity contribution in [1.82, 2.24) is 5.32 Å². The van der Waals surface area contributed by atoms with Gasteiger partial charge in [0.15, 0.2) is 0 Å². The van der Waals surface area contributed by atoms with E-state index in [1.54, 1.807) is 24.3 Å². The number of hydrogen-bond donors (Lipinski definition) is 2. The first kappa shape index (κ1) is 14.8. The van der Waals surface area contributed by atoms with Crippen molar-refractivity contribution in [3.63, 3.8) is 0 Å².